The normalized spacial score (nSPS) is 27.1. The molecular weight excluding hydrogens is 288 g/mol. The molecule has 2 atom stereocenters. The highest BCUT2D eigenvalue weighted by molar-refractivity contribution is 5.31. The van der Waals surface area contributed by atoms with E-state index in [-0.39, 0.29) is 37.0 Å². The Morgan fingerprint density at radius 2 is 2.00 bits per heavy atom. The molecule has 0 radical (unpaired) electrons. The molecular formula is C15H18F4O2. The second-order valence-electron chi connectivity index (χ2n) is 5.83. The molecule has 2 unspecified atom stereocenters. The highest BCUT2D eigenvalue weighted by atomic mass is 19.4. The van der Waals surface area contributed by atoms with Gasteiger partial charge in [0.2, 0.25) is 0 Å². The average molecular weight is 306 g/mol. The van der Waals surface area contributed by atoms with E-state index < -0.39 is 23.2 Å². The van der Waals surface area contributed by atoms with Gasteiger partial charge in [-0.25, -0.2) is 4.39 Å². The topological polar surface area (TPSA) is 29.5 Å². The van der Waals surface area contributed by atoms with Gasteiger partial charge in [-0.2, -0.15) is 13.2 Å². The van der Waals surface area contributed by atoms with E-state index in [1.54, 1.807) is 0 Å². The van der Waals surface area contributed by atoms with Gasteiger partial charge in [0, 0.05) is 12.8 Å². The molecule has 118 valence electrons. The molecule has 0 saturated carbocycles. The summed E-state index contributed by atoms with van der Waals surface area (Å²) in [4.78, 5) is 0. The lowest BCUT2D eigenvalue weighted by molar-refractivity contribution is -0.140. The molecule has 0 amide bonds. The lowest BCUT2D eigenvalue weighted by Crippen LogP contribution is -2.40. The molecule has 1 heterocycles. The fourth-order valence-electron chi connectivity index (χ4n) is 2.60. The maximum atomic E-state index is 13.3. The monoisotopic (exact) mass is 306 g/mol. The number of halogens is 4. The van der Waals surface area contributed by atoms with Crippen LogP contribution < -0.4 is 0 Å². The molecule has 1 aromatic rings. The zero-order chi connectivity index (χ0) is 15.8. The number of benzene rings is 1. The van der Waals surface area contributed by atoms with Crippen molar-refractivity contribution in [3.05, 3.63) is 35.1 Å². The van der Waals surface area contributed by atoms with Crippen LogP contribution in [0.2, 0.25) is 0 Å². The predicted molar refractivity (Wildman–Crippen MR) is 69.1 cm³/mol. The van der Waals surface area contributed by atoms with Crippen LogP contribution in [0, 0.1) is 11.7 Å². The van der Waals surface area contributed by atoms with E-state index in [2.05, 4.69) is 0 Å². The van der Waals surface area contributed by atoms with Gasteiger partial charge in [-0.3, -0.25) is 0 Å². The molecule has 0 aromatic heterocycles. The fraction of sp³-hybridized carbons (Fsp3) is 0.600. The molecule has 6 heteroatoms. The van der Waals surface area contributed by atoms with Crippen LogP contribution >= 0.6 is 0 Å². The van der Waals surface area contributed by atoms with Crippen molar-refractivity contribution in [1.82, 2.24) is 0 Å². The van der Waals surface area contributed by atoms with E-state index in [9.17, 15) is 22.7 Å². The standard InChI is InChI=1S/C15H18F4O2/c1-9(2)13-8-14(20,5-6-21-13)10-3-4-12(16)11(7-10)15(17,18)19/h3-4,7,9,13,20H,5-6,8H2,1-2H3. The van der Waals surface area contributed by atoms with Crippen molar-refractivity contribution in [2.45, 2.75) is 44.6 Å². The van der Waals surface area contributed by atoms with Crippen molar-refractivity contribution in [2.24, 2.45) is 5.92 Å². The Balaban J connectivity index is 2.36. The maximum absolute atomic E-state index is 13.3. The largest absolute Gasteiger partial charge is 0.419 e. The van der Waals surface area contributed by atoms with E-state index in [0.717, 1.165) is 6.07 Å². The molecule has 0 aliphatic carbocycles. The van der Waals surface area contributed by atoms with Gasteiger partial charge in [0.1, 0.15) is 5.82 Å². The fourth-order valence-corrected chi connectivity index (χ4v) is 2.60. The van der Waals surface area contributed by atoms with Crippen LogP contribution in [0.25, 0.3) is 0 Å². The Labute approximate surface area is 120 Å². The minimum atomic E-state index is -4.78. The second-order valence-corrected chi connectivity index (χ2v) is 5.83. The average Bonchev–Trinajstić information content (AvgIpc) is 2.37. The van der Waals surface area contributed by atoms with Crippen molar-refractivity contribution in [3.63, 3.8) is 0 Å². The Bertz CT molecular complexity index is 513. The van der Waals surface area contributed by atoms with Crippen molar-refractivity contribution in [3.8, 4) is 0 Å². The third-order valence-corrected chi connectivity index (χ3v) is 3.94. The number of aliphatic hydroxyl groups is 1. The molecule has 2 rings (SSSR count). The van der Waals surface area contributed by atoms with Gasteiger partial charge in [-0.1, -0.05) is 19.9 Å². The maximum Gasteiger partial charge on any atom is 0.419 e. The van der Waals surface area contributed by atoms with Crippen molar-refractivity contribution >= 4 is 0 Å². The summed E-state index contributed by atoms with van der Waals surface area (Å²) in [5.41, 5.74) is -2.67. The molecule has 21 heavy (non-hydrogen) atoms. The molecule has 1 aliphatic heterocycles. The molecule has 1 fully saturated rings. The summed E-state index contributed by atoms with van der Waals surface area (Å²) < 4.78 is 57.2. The Morgan fingerprint density at radius 1 is 1.33 bits per heavy atom. The molecule has 1 aromatic carbocycles. The summed E-state index contributed by atoms with van der Waals surface area (Å²) in [5, 5.41) is 10.7. The summed E-state index contributed by atoms with van der Waals surface area (Å²) in [6.45, 7) is 4.10. The molecule has 2 nitrogen and oxygen atoms in total. The van der Waals surface area contributed by atoms with E-state index in [4.69, 9.17) is 4.74 Å². The Morgan fingerprint density at radius 3 is 2.57 bits per heavy atom. The quantitative estimate of drug-likeness (QED) is 0.841. The number of rotatable bonds is 2. The van der Waals surface area contributed by atoms with Crippen molar-refractivity contribution < 1.29 is 27.4 Å². The van der Waals surface area contributed by atoms with Crippen molar-refractivity contribution in [1.29, 1.82) is 0 Å². The minimum absolute atomic E-state index is 0.0881. The Kier molecular flexibility index (Phi) is 4.31. The summed E-state index contributed by atoms with van der Waals surface area (Å²) >= 11 is 0. The molecule has 0 spiro atoms. The highest BCUT2D eigenvalue weighted by Crippen LogP contribution is 2.40. The number of hydrogen-bond donors (Lipinski definition) is 1. The third kappa shape index (κ3) is 3.37. The number of alkyl halides is 3. The Hall–Kier alpha value is -1.14. The summed E-state index contributed by atoms with van der Waals surface area (Å²) in [5.74, 6) is -1.19. The van der Waals surface area contributed by atoms with Crippen LogP contribution in [0.15, 0.2) is 18.2 Å². The lowest BCUT2D eigenvalue weighted by atomic mass is 9.80. The van der Waals surface area contributed by atoms with Crippen LogP contribution in [0.4, 0.5) is 17.6 Å². The molecule has 1 saturated heterocycles. The van der Waals surface area contributed by atoms with Gasteiger partial charge >= 0.3 is 6.18 Å². The van der Waals surface area contributed by atoms with Gasteiger partial charge in [0.15, 0.2) is 0 Å². The first-order valence-corrected chi connectivity index (χ1v) is 6.85. The first-order valence-electron chi connectivity index (χ1n) is 6.85. The first-order chi connectivity index (χ1) is 9.63. The van der Waals surface area contributed by atoms with Gasteiger partial charge in [0.25, 0.3) is 0 Å². The van der Waals surface area contributed by atoms with E-state index in [1.807, 2.05) is 13.8 Å². The SMILES string of the molecule is CC(C)C1CC(O)(c2ccc(F)c(C(F)(F)F)c2)CCO1. The highest BCUT2D eigenvalue weighted by Gasteiger charge is 2.40. The molecule has 1 aliphatic rings. The summed E-state index contributed by atoms with van der Waals surface area (Å²) in [6, 6.07) is 2.68. The molecule has 1 N–H and O–H groups in total. The van der Waals surface area contributed by atoms with E-state index in [1.165, 1.54) is 6.07 Å². The van der Waals surface area contributed by atoms with Gasteiger partial charge in [-0.05, 0) is 23.6 Å². The van der Waals surface area contributed by atoms with Gasteiger partial charge in [-0.15, -0.1) is 0 Å². The smallest absolute Gasteiger partial charge is 0.385 e. The van der Waals surface area contributed by atoms with Crippen LogP contribution in [0.1, 0.15) is 37.8 Å². The number of ether oxygens (including phenoxy) is 1. The lowest BCUT2D eigenvalue weighted by Gasteiger charge is -2.39. The van der Waals surface area contributed by atoms with Crippen LogP contribution in [-0.4, -0.2) is 17.8 Å². The van der Waals surface area contributed by atoms with Crippen LogP contribution in [0.5, 0.6) is 0 Å². The number of hydrogen-bond acceptors (Lipinski definition) is 2. The van der Waals surface area contributed by atoms with Gasteiger partial charge in [0.05, 0.1) is 23.9 Å². The zero-order valence-corrected chi connectivity index (χ0v) is 11.9. The second kappa shape index (κ2) is 5.57. The first kappa shape index (κ1) is 16.2. The predicted octanol–water partition coefficient (Wildman–Crippen LogP) is 3.87. The van der Waals surface area contributed by atoms with E-state index in [0.29, 0.717) is 6.07 Å². The summed E-state index contributed by atoms with van der Waals surface area (Å²) in [7, 11) is 0. The van der Waals surface area contributed by atoms with E-state index >= 15 is 0 Å². The third-order valence-electron chi connectivity index (χ3n) is 3.94. The van der Waals surface area contributed by atoms with Gasteiger partial charge < -0.3 is 9.84 Å². The van der Waals surface area contributed by atoms with Crippen molar-refractivity contribution in [2.75, 3.05) is 6.61 Å². The summed E-state index contributed by atoms with van der Waals surface area (Å²) in [6.07, 6.45) is -4.62. The molecule has 0 bridgehead atoms. The zero-order valence-electron chi connectivity index (χ0n) is 11.9. The van der Waals surface area contributed by atoms with Crippen LogP contribution in [-0.2, 0) is 16.5 Å². The van der Waals surface area contributed by atoms with Crippen LogP contribution in [0.3, 0.4) is 0 Å². The minimum Gasteiger partial charge on any atom is -0.385 e.